The minimum absolute atomic E-state index is 0.00832. The van der Waals surface area contributed by atoms with E-state index in [-0.39, 0.29) is 41.7 Å². The van der Waals surface area contributed by atoms with E-state index in [1.165, 1.54) is 22.8 Å². The zero-order valence-electron chi connectivity index (χ0n) is 22.5. The molecular formula is C23H27N7O4S. The van der Waals surface area contributed by atoms with E-state index < -0.39 is 33.7 Å². The highest BCUT2D eigenvalue weighted by molar-refractivity contribution is 7.89. The van der Waals surface area contributed by atoms with E-state index >= 15 is 0 Å². The van der Waals surface area contributed by atoms with Crippen molar-refractivity contribution in [2.75, 3.05) is 0 Å². The number of sulfonamides is 1. The van der Waals surface area contributed by atoms with Gasteiger partial charge in [0.15, 0.2) is 0 Å². The van der Waals surface area contributed by atoms with E-state index in [2.05, 4.69) is 14.9 Å². The van der Waals surface area contributed by atoms with Gasteiger partial charge in [-0.15, -0.1) is 0 Å². The molecule has 0 bridgehead atoms. The fourth-order valence-corrected chi connectivity index (χ4v) is 5.47. The minimum Gasteiger partial charge on any atom is -0.287 e. The highest BCUT2D eigenvalue weighted by atomic mass is 32.2. The lowest BCUT2D eigenvalue weighted by molar-refractivity contribution is 0.558. The lowest BCUT2D eigenvalue weighted by Crippen LogP contribution is -2.41. The first-order valence-corrected chi connectivity index (χ1v) is 12.5. The third-order valence-electron chi connectivity index (χ3n) is 6.10. The maximum absolute atomic E-state index is 13.6. The largest absolute Gasteiger partial charge is 0.332 e. The zero-order chi connectivity index (χ0) is 27.6. The number of nitrogens with zero attached hydrogens (tertiary/aromatic N) is 6. The van der Waals surface area contributed by atoms with E-state index in [1.54, 1.807) is 35.9 Å². The lowest BCUT2D eigenvalue weighted by atomic mass is 10.2. The molecule has 0 unspecified atom stereocenters. The summed E-state index contributed by atoms with van der Waals surface area (Å²) in [5.41, 5.74) is -0.420. The molecule has 35 heavy (non-hydrogen) atoms. The van der Waals surface area contributed by atoms with Crippen LogP contribution in [0.1, 0.15) is 40.8 Å². The van der Waals surface area contributed by atoms with Gasteiger partial charge in [-0.3, -0.25) is 23.3 Å². The highest BCUT2D eigenvalue weighted by Gasteiger charge is 2.41. The Morgan fingerprint density at radius 2 is 1.91 bits per heavy atom. The highest BCUT2D eigenvalue weighted by Crippen LogP contribution is 2.36. The van der Waals surface area contributed by atoms with Gasteiger partial charge in [-0.05, 0) is 50.9 Å². The first kappa shape index (κ1) is 19.8. The molecule has 1 N–H and O–H groups in total. The molecule has 0 amide bonds. The fraction of sp³-hybridized carbons (Fsp3) is 0.391. The summed E-state index contributed by atoms with van der Waals surface area (Å²) in [4.78, 5) is 26.9. The van der Waals surface area contributed by atoms with Crippen LogP contribution in [-0.2, 0) is 37.2 Å². The summed E-state index contributed by atoms with van der Waals surface area (Å²) in [6, 6.07) is 5.69. The van der Waals surface area contributed by atoms with Crippen molar-refractivity contribution in [2.24, 2.45) is 14.1 Å². The maximum atomic E-state index is 13.6. The minimum atomic E-state index is -4.27. The number of benzene rings is 1. The number of aromatic nitrogens is 6. The molecule has 1 aromatic carbocycles. The quantitative estimate of drug-likeness (QED) is 0.401. The van der Waals surface area contributed by atoms with Gasteiger partial charge in [0.1, 0.15) is 0 Å². The van der Waals surface area contributed by atoms with Gasteiger partial charge in [-0.25, -0.2) is 17.9 Å². The summed E-state index contributed by atoms with van der Waals surface area (Å²) in [5, 5.41) is 8.42. The maximum Gasteiger partial charge on any atom is 0.332 e. The lowest BCUT2D eigenvalue weighted by Gasteiger charge is -2.16. The molecule has 184 valence electrons. The van der Waals surface area contributed by atoms with Crippen molar-refractivity contribution >= 4 is 20.9 Å². The van der Waals surface area contributed by atoms with Crippen LogP contribution in [0.2, 0.25) is 0 Å². The Labute approximate surface area is 205 Å². The molecule has 4 aromatic rings. The molecule has 1 fully saturated rings. The zero-order valence-corrected chi connectivity index (χ0v) is 20.3. The Bertz CT molecular complexity index is 1790. The standard InChI is InChI=1S/C23H27N7O4S/c1-15-9-17(28(4)25-15)14-29-20-6-5-18(35(33,34)26-23(2)7-8-23)10-19(20)21(31)30(22(29)32)13-16-11-24-27(3)12-16/h5-6,9-12,26H,7-8,13-14H2,1-4H3/i2D3. The molecule has 0 aliphatic heterocycles. The van der Waals surface area contributed by atoms with Gasteiger partial charge < -0.3 is 0 Å². The molecule has 3 aromatic heterocycles. The van der Waals surface area contributed by atoms with Gasteiger partial charge >= 0.3 is 5.69 Å². The van der Waals surface area contributed by atoms with Crippen molar-refractivity contribution in [3.63, 3.8) is 0 Å². The third kappa shape index (κ3) is 4.34. The van der Waals surface area contributed by atoms with Crippen LogP contribution < -0.4 is 16.0 Å². The molecule has 0 radical (unpaired) electrons. The molecule has 0 spiro atoms. The Kier molecular flexibility index (Phi) is 4.53. The summed E-state index contributed by atoms with van der Waals surface area (Å²) >= 11 is 0. The predicted molar refractivity (Wildman–Crippen MR) is 130 cm³/mol. The average Bonchev–Trinajstić information content (AvgIpc) is 3.39. The Hall–Kier alpha value is -3.51. The molecule has 3 heterocycles. The Balaban J connectivity index is 1.68. The molecule has 1 aliphatic carbocycles. The van der Waals surface area contributed by atoms with E-state index in [1.807, 2.05) is 13.0 Å². The molecule has 5 rings (SSSR count). The molecule has 0 atom stereocenters. The topological polar surface area (TPSA) is 126 Å². The van der Waals surface area contributed by atoms with E-state index in [9.17, 15) is 18.0 Å². The van der Waals surface area contributed by atoms with Crippen LogP contribution in [0.3, 0.4) is 0 Å². The molecule has 1 saturated carbocycles. The van der Waals surface area contributed by atoms with E-state index in [0.717, 1.165) is 10.3 Å². The van der Waals surface area contributed by atoms with Crippen molar-refractivity contribution in [1.82, 2.24) is 33.4 Å². The normalized spacial score (nSPS) is 16.7. The number of fused-ring (bicyclic) bond motifs is 1. The van der Waals surface area contributed by atoms with Crippen LogP contribution in [-0.4, -0.2) is 42.7 Å². The Morgan fingerprint density at radius 3 is 2.51 bits per heavy atom. The van der Waals surface area contributed by atoms with Crippen LogP contribution in [0, 0.1) is 6.92 Å². The summed E-state index contributed by atoms with van der Waals surface area (Å²) in [6.07, 6.45) is 3.61. The second kappa shape index (κ2) is 8.02. The third-order valence-corrected chi connectivity index (χ3v) is 7.64. The number of aryl methyl sites for hydroxylation is 3. The molecular weight excluding hydrogens is 470 g/mol. The van der Waals surface area contributed by atoms with Gasteiger partial charge in [-0.2, -0.15) is 10.2 Å². The van der Waals surface area contributed by atoms with Crippen molar-refractivity contribution in [3.8, 4) is 0 Å². The first-order chi connectivity index (χ1) is 17.7. The van der Waals surface area contributed by atoms with Crippen molar-refractivity contribution in [3.05, 3.63) is 74.4 Å². The van der Waals surface area contributed by atoms with Crippen LogP contribution in [0.4, 0.5) is 0 Å². The molecule has 0 saturated heterocycles. The Morgan fingerprint density at radius 1 is 1.14 bits per heavy atom. The number of nitrogens with one attached hydrogen (secondary N) is 1. The van der Waals surface area contributed by atoms with Crippen LogP contribution in [0.5, 0.6) is 0 Å². The molecule has 1 aliphatic rings. The van der Waals surface area contributed by atoms with E-state index in [4.69, 9.17) is 4.11 Å². The van der Waals surface area contributed by atoms with Gasteiger partial charge in [0.05, 0.1) is 46.5 Å². The first-order valence-electron chi connectivity index (χ1n) is 12.5. The van der Waals surface area contributed by atoms with Crippen molar-refractivity contribution in [1.29, 1.82) is 0 Å². The van der Waals surface area contributed by atoms with Crippen molar-refractivity contribution in [2.45, 2.75) is 50.1 Å². The van der Waals surface area contributed by atoms with Crippen LogP contribution in [0.15, 0.2) is 51.1 Å². The van der Waals surface area contributed by atoms with Crippen LogP contribution >= 0.6 is 0 Å². The number of hydrogen-bond acceptors (Lipinski definition) is 6. The predicted octanol–water partition coefficient (Wildman–Crippen LogP) is 0.866. The second-order valence-electron chi connectivity index (χ2n) is 9.05. The van der Waals surface area contributed by atoms with Crippen LogP contribution in [0.25, 0.3) is 10.9 Å². The average molecular weight is 501 g/mol. The van der Waals surface area contributed by atoms with Gasteiger partial charge in [0.2, 0.25) is 10.0 Å². The van der Waals surface area contributed by atoms with Gasteiger partial charge in [0, 0.05) is 35.5 Å². The molecule has 11 nitrogen and oxygen atoms in total. The number of hydrogen-bond donors (Lipinski definition) is 1. The smallest absolute Gasteiger partial charge is 0.287 e. The molecule has 12 heteroatoms. The van der Waals surface area contributed by atoms with Crippen molar-refractivity contribution < 1.29 is 12.5 Å². The summed E-state index contributed by atoms with van der Waals surface area (Å²) < 4.78 is 57.5. The van der Waals surface area contributed by atoms with E-state index in [0.29, 0.717) is 11.3 Å². The summed E-state index contributed by atoms with van der Waals surface area (Å²) in [7, 11) is -0.813. The van der Waals surface area contributed by atoms with Gasteiger partial charge in [0.25, 0.3) is 5.56 Å². The van der Waals surface area contributed by atoms with Gasteiger partial charge in [-0.1, -0.05) is 0 Å². The SMILES string of the molecule is [2H]C([2H])([2H])C1(NS(=O)(=O)c2ccc3c(c2)c(=O)n(Cc2cnn(C)c2)c(=O)n3Cc2cc(C)nn2C)CC1. The second-order valence-corrected chi connectivity index (χ2v) is 10.7. The summed E-state index contributed by atoms with van der Waals surface area (Å²) in [5.74, 6) is 0. The monoisotopic (exact) mass is 500 g/mol. The number of rotatable bonds is 7. The summed E-state index contributed by atoms with van der Waals surface area (Å²) in [6.45, 7) is -0.658. The fourth-order valence-electron chi connectivity index (χ4n) is 4.12.